The fourth-order valence-electron chi connectivity index (χ4n) is 1.62. The summed E-state index contributed by atoms with van der Waals surface area (Å²) in [5, 5.41) is 4.70. The van der Waals surface area contributed by atoms with Crippen molar-refractivity contribution >= 4 is 22.9 Å². The maximum absolute atomic E-state index is 11.9. The highest BCUT2D eigenvalue weighted by molar-refractivity contribution is 7.12. The van der Waals surface area contributed by atoms with Crippen LogP contribution in [-0.2, 0) is 0 Å². The zero-order chi connectivity index (χ0) is 13.7. The molecule has 1 N–H and O–H groups in total. The van der Waals surface area contributed by atoms with E-state index in [1.807, 2.05) is 18.4 Å². The normalized spacial score (nSPS) is 10.0. The SMILES string of the molecule is CCOc1cc(NC(=O)c2cccs2)ccc1OC. The van der Waals surface area contributed by atoms with Gasteiger partial charge in [-0.25, -0.2) is 0 Å². The van der Waals surface area contributed by atoms with Crippen molar-refractivity contribution in [2.24, 2.45) is 0 Å². The van der Waals surface area contributed by atoms with E-state index < -0.39 is 0 Å². The molecule has 0 aliphatic heterocycles. The van der Waals surface area contributed by atoms with Crippen LogP contribution in [0.4, 0.5) is 5.69 Å². The third kappa shape index (κ3) is 3.26. The Hall–Kier alpha value is -2.01. The first-order chi connectivity index (χ1) is 9.24. The van der Waals surface area contributed by atoms with Crippen LogP contribution < -0.4 is 14.8 Å². The van der Waals surface area contributed by atoms with Gasteiger partial charge in [-0.15, -0.1) is 11.3 Å². The molecule has 0 atom stereocenters. The lowest BCUT2D eigenvalue weighted by Gasteiger charge is -2.11. The molecule has 0 fully saturated rings. The number of carbonyl (C=O) groups excluding carboxylic acids is 1. The molecular weight excluding hydrogens is 262 g/mol. The summed E-state index contributed by atoms with van der Waals surface area (Å²) in [6.45, 7) is 2.44. The number of hydrogen-bond acceptors (Lipinski definition) is 4. The van der Waals surface area contributed by atoms with Crippen LogP contribution in [0, 0.1) is 0 Å². The number of rotatable bonds is 5. The largest absolute Gasteiger partial charge is 0.493 e. The molecule has 2 rings (SSSR count). The van der Waals surface area contributed by atoms with Gasteiger partial charge < -0.3 is 14.8 Å². The molecule has 0 aliphatic rings. The van der Waals surface area contributed by atoms with Crippen molar-refractivity contribution in [1.82, 2.24) is 0 Å². The summed E-state index contributed by atoms with van der Waals surface area (Å²) >= 11 is 1.40. The lowest BCUT2D eigenvalue weighted by molar-refractivity contribution is 0.103. The fourth-order valence-corrected chi connectivity index (χ4v) is 2.24. The number of carbonyl (C=O) groups is 1. The maximum Gasteiger partial charge on any atom is 0.265 e. The van der Waals surface area contributed by atoms with Gasteiger partial charge in [0.15, 0.2) is 11.5 Å². The zero-order valence-corrected chi connectivity index (χ0v) is 11.6. The smallest absolute Gasteiger partial charge is 0.265 e. The molecule has 100 valence electrons. The topological polar surface area (TPSA) is 47.6 Å². The summed E-state index contributed by atoms with van der Waals surface area (Å²) in [6.07, 6.45) is 0. The summed E-state index contributed by atoms with van der Waals surface area (Å²) in [5.74, 6) is 1.15. The Bertz CT molecular complexity index is 552. The van der Waals surface area contributed by atoms with Gasteiger partial charge in [0, 0.05) is 11.8 Å². The van der Waals surface area contributed by atoms with Crippen LogP contribution in [0.2, 0.25) is 0 Å². The molecule has 5 heteroatoms. The highest BCUT2D eigenvalue weighted by Crippen LogP contribution is 2.30. The highest BCUT2D eigenvalue weighted by atomic mass is 32.1. The van der Waals surface area contributed by atoms with Gasteiger partial charge in [-0.3, -0.25) is 4.79 Å². The minimum Gasteiger partial charge on any atom is -0.493 e. The van der Waals surface area contributed by atoms with Crippen LogP contribution in [-0.4, -0.2) is 19.6 Å². The number of hydrogen-bond donors (Lipinski definition) is 1. The molecule has 0 bridgehead atoms. The van der Waals surface area contributed by atoms with E-state index in [9.17, 15) is 4.79 Å². The lowest BCUT2D eigenvalue weighted by atomic mass is 10.2. The average Bonchev–Trinajstić information content (AvgIpc) is 2.93. The molecule has 1 amide bonds. The number of anilines is 1. The molecule has 0 spiro atoms. The van der Waals surface area contributed by atoms with Crippen molar-refractivity contribution in [3.63, 3.8) is 0 Å². The minimum absolute atomic E-state index is 0.123. The fraction of sp³-hybridized carbons (Fsp3) is 0.214. The predicted molar refractivity (Wildman–Crippen MR) is 76.4 cm³/mol. The molecule has 0 unspecified atom stereocenters. The Balaban J connectivity index is 2.16. The second-order valence-corrected chi connectivity index (χ2v) is 4.68. The van der Waals surface area contributed by atoms with Crippen molar-refractivity contribution in [1.29, 1.82) is 0 Å². The summed E-state index contributed by atoms with van der Waals surface area (Å²) in [6, 6.07) is 8.95. The van der Waals surface area contributed by atoms with E-state index in [2.05, 4.69) is 5.32 Å². The lowest BCUT2D eigenvalue weighted by Crippen LogP contribution is -2.10. The first-order valence-corrected chi connectivity index (χ1v) is 6.78. The number of amides is 1. The van der Waals surface area contributed by atoms with Crippen molar-refractivity contribution in [3.8, 4) is 11.5 Å². The van der Waals surface area contributed by atoms with Gasteiger partial charge in [-0.05, 0) is 30.5 Å². The standard InChI is InChI=1S/C14H15NO3S/c1-3-18-12-9-10(6-7-11(12)17-2)15-14(16)13-5-4-8-19-13/h4-9H,3H2,1-2H3,(H,15,16). The van der Waals surface area contributed by atoms with Gasteiger partial charge in [0.1, 0.15) is 0 Å². The number of nitrogens with one attached hydrogen (secondary N) is 1. The van der Waals surface area contributed by atoms with Gasteiger partial charge in [0.25, 0.3) is 5.91 Å². The molecule has 4 nitrogen and oxygen atoms in total. The first kappa shape index (κ1) is 13.4. The summed E-state index contributed by atoms with van der Waals surface area (Å²) in [5.41, 5.74) is 0.683. The second-order valence-electron chi connectivity index (χ2n) is 3.73. The molecule has 1 aromatic carbocycles. The average molecular weight is 277 g/mol. The van der Waals surface area contributed by atoms with Gasteiger partial charge in [-0.2, -0.15) is 0 Å². The third-order valence-corrected chi connectivity index (χ3v) is 3.33. The van der Waals surface area contributed by atoms with Crippen molar-refractivity contribution in [2.45, 2.75) is 6.92 Å². The number of methoxy groups -OCH3 is 1. The van der Waals surface area contributed by atoms with Gasteiger partial charge in [0.2, 0.25) is 0 Å². The highest BCUT2D eigenvalue weighted by Gasteiger charge is 2.10. The van der Waals surface area contributed by atoms with E-state index in [1.165, 1.54) is 11.3 Å². The van der Waals surface area contributed by atoms with Gasteiger partial charge >= 0.3 is 0 Å². The van der Waals surface area contributed by atoms with E-state index in [0.29, 0.717) is 28.7 Å². The first-order valence-electron chi connectivity index (χ1n) is 5.90. The monoisotopic (exact) mass is 277 g/mol. The van der Waals surface area contributed by atoms with Crippen LogP contribution in [0.1, 0.15) is 16.6 Å². The molecular formula is C14H15NO3S. The Labute approximate surface area is 116 Å². The molecule has 1 heterocycles. The molecule has 19 heavy (non-hydrogen) atoms. The summed E-state index contributed by atoms with van der Waals surface area (Å²) < 4.78 is 10.7. The van der Waals surface area contributed by atoms with Crippen LogP contribution in [0.15, 0.2) is 35.7 Å². The van der Waals surface area contributed by atoms with E-state index in [1.54, 1.807) is 31.4 Å². The van der Waals surface area contributed by atoms with Crippen LogP contribution >= 0.6 is 11.3 Å². The molecule has 0 saturated carbocycles. The molecule has 0 saturated heterocycles. The Kier molecular flexibility index (Phi) is 4.41. The van der Waals surface area contributed by atoms with Crippen LogP contribution in [0.3, 0.4) is 0 Å². The Morgan fingerprint density at radius 3 is 2.79 bits per heavy atom. The summed E-state index contributed by atoms with van der Waals surface area (Å²) in [4.78, 5) is 12.6. The van der Waals surface area contributed by atoms with Crippen molar-refractivity contribution in [2.75, 3.05) is 19.0 Å². The Morgan fingerprint density at radius 1 is 1.32 bits per heavy atom. The van der Waals surface area contributed by atoms with Crippen LogP contribution in [0.25, 0.3) is 0 Å². The number of thiophene rings is 1. The molecule has 1 aromatic heterocycles. The molecule has 0 radical (unpaired) electrons. The van der Waals surface area contributed by atoms with E-state index in [4.69, 9.17) is 9.47 Å². The minimum atomic E-state index is -0.123. The summed E-state index contributed by atoms with van der Waals surface area (Å²) in [7, 11) is 1.59. The third-order valence-electron chi connectivity index (χ3n) is 2.47. The second kappa shape index (κ2) is 6.24. The number of benzene rings is 1. The zero-order valence-electron chi connectivity index (χ0n) is 10.8. The quantitative estimate of drug-likeness (QED) is 0.911. The number of ether oxygens (including phenoxy) is 2. The molecule has 0 aliphatic carbocycles. The Morgan fingerprint density at radius 2 is 2.16 bits per heavy atom. The molecule has 2 aromatic rings. The van der Waals surface area contributed by atoms with E-state index in [0.717, 1.165) is 0 Å². The van der Waals surface area contributed by atoms with Crippen molar-refractivity contribution < 1.29 is 14.3 Å². The van der Waals surface area contributed by atoms with E-state index >= 15 is 0 Å². The van der Waals surface area contributed by atoms with Gasteiger partial charge in [-0.1, -0.05) is 6.07 Å². The van der Waals surface area contributed by atoms with Crippen LogP contribution in [0.5, 0.6) is 11.5 Å². The van der Waals surface area contributed by atoms with Crippen molar-refractivity contribution in [3.05, 3.63) is 40.6 Å². The predicted octanol–water partition coefficient (Wildman–Crippen LogP) is 3.41. The van der Waals surface area contributed by atoms with Gasteiger partial charge in [0.05, 0.1) is 18.6 Å². The maximum atomic E-state index is 11.9. The van der Waals surface area contributed by atoms with E-state index in [-0.39, 0.29) is 5.91 Å².